The number of carbonyl (C=O) groups is 2. The van der Waals surface area contributed by atoms with Gasteiger partial charge >= 0.3 is 0 Å². The van der Waals surface area contributed by atoms with E-state index < -0.39 is 0 Å². The lowest BCUT2D eigenvalue weighted by atomic mass is 10.1. The molecule has 0 saturated carbocycles. The van der Waals surface area contributed by atoms with Crippen molar-refractivity contribution in [2.75, 3.05) is 51.1 Å². The molecule has 1 atom stereocenters. The Hall–Kier alpha value is -2.44. The predicted molar refractivity (Wildman–Crippen MR) is 123 cm³/mol. The number of hydrogen-bond donors (Lipinski definition) is 3. The lowest BCUT2D eigenvalue weighted by Crippen LogP contribution is -3.30. The van der Waals surface area contributed by atoms with E-state index in [9.17, 15) is 9.59 Å². The van der Waals surface area contributed by atoms with Gasteiger partial charge in [-0.1, -0.05) is 43.2 Å². The molecule has 2 heterocycles. The molecule has 6 nitrogen and oxygen atoms in total. The summed E-state index contributed by atoms with van der Waals surface area (Å²) >= 11 is 0. The Bertz CT molecular complexity index is 899. The molecule has 0 aliphatic carbocycles. The minimum absolute atomic E-state index is 0.0642. The molecule has 0 radical (unpaired) electrons. The van der Waals surface area contributed by atoms with E-state index in [-0.39, 0.29) is 11.9 Å². The van der Waals surface area contributed by atoms with E-state index in [1.165, 1.54) is 28.0 Å². The van der Waals surface area contributed by atoms with Gasteiger partial charge in [0.2, 0.25) is 0 Å². The number of nitrogens with zero attached hydrogens (tertiary/aromatic N) is 1. The van der Waals surface area contributed by atoms with Crippen LogP contribution in [0, 0.1) is 0 Å². The van der Waals surface area contributed by atoms with Crippen LogP contribution >= 0.6 is 0 Å². The lowest BCUT2D eigenvalue weighted by molar-refractivity contribution is -1.01. The van der Waals surface area contributed by atoms with E-state index in [1.807, 2.05) is 37.3 Å². The number of hydrogen-bond acceptors (Lipinski definition) is 2. The van der Waals surface area contributed by atoms with Crippen LogP contribution in [0.15, 0.2) is 42.5 Å². The highest BCUT2D eigenvalue weighted by atomic mass is 16.2. The number of benzene rings is 2. The Kier molecular flexibility index (Phi) is 7.20. The molecule has 2 aromatic carbocycles. The normalized spacial score (nSPS) is 23.2. The Labute approximate surface area is 185 Å². The molecule has 2 fully saturated rings. The summed E-state index contributed by atoms with van der Waals surface area (Å²) in [5.74, 6) is 0.372. The first-order chi connectivity index (χ1) is 15.1. The number of fused-ring (bicyclic) bond motifs is 1. The number of carbonyl (C=O) groups excluding carboxylic acids is 2. The number of quaternary nitrogens is 2. The zero-order valence-corrected chi connectivity index (χ0v) is 18.7. The first-order valence-electron chi connectivity index (χ1n) is 11.9. The van der Waals surface area contributed by atoms with Crippen molar-refractivity contribution in [2.45, 2.75) is 38.6 Å². The number of nitrogens with one attached hydrogen (secondary N) is 3. The van der Waals surface area contributed by atoms with Gasteiger partial charge in [-0.3, -0.25) is 9.59 Å². The van der Waals surface area contributed by atoms with Crippen LogP contribution in [0.25, 0.3) is 10.8 Å². The second-order valence-corrected chi connectivity index (χ2v) is 9.15. The fraction of sp³-hybridized carbons (Fsp3) is 0.520. The summed E-state index contributed by atoms with van der Waals surface area (Å²) in [5.41, 5.74) is 0.849. The van der Waals surface area contributed by atoms with Crippen molar-refractivity contribution in [3.05, 3.63) is 42.5 Å². The fourth-order valence-electron chi connectivity index (χ4n) is 4.88. The molecule has 2 aliphatic rings. The predicted octanol–water partition coefficient (Wildman–Crippen LogP) is 0.353. The van der Waals surface area contributed by atoms with E-state index in [0.29, 0.717) is 12.5 Å². The van der Waals surface area contributed by atoms with Crippen molar-refractivity contribution in [1.29, 1.82) is 0 Å². The zero-order valence-electron chi connectivity index (χ0n) is 18.7. The number of anilines is 1. The van der Waals surface area contributed by atoms with Crippen molar-refractivity contribution in [3.63, 3.8) is 0 Å². The summed E-state index contributed by atoms with van der Waals surface area (Å²) in [5, 5.41) is 5.40. The monoisotopic (exact) mass is 424 g/mol. The van der Waals surface area contributed by atoms with Crippen molar-refractivity contribution in [3.8, 4) is 0 Å². The van der Waals surface area contributed by atoms with E-state index in [2.05, 4.69) is 22.3 Å². The fourth-order valence-corrected chi connectivity index (χ4v) is 4.88. The third-order valence-corrected chi connectivity index (χ3v) is 6.98. The second-order valence-electron chi connectivity index (χ2n) is 9.15. The van der Waals surface area contributed by atoms with Crippen LogP contribution in [0.2, 0.25) is 0 Å². The van der Waals surface area contributed by atoms with Gasteiger partial charge in [-0.25, -0.2) is 0 Å². The largest absolute Gasteiger partial charge is 0.338 e. The number of amides is 2. The summed E-state index contributed by atoms with van der Waals surface area (Å²) in [7, 11) is 0. The minimum atomic E-state index is -0.102. The average molecular weight is 425 g/mol. The second kappa shape index (κ2) is 10.2. The smallest absolute Gasteiger partial charge is 0.282 e. The van der Waals surface area contributed by atoms with Crippen LogP contribution in [-0.4, -0.2) is 68.6 Å². The van der Waals surface area contributed by atoms with Gasteiger partial charge in [0, 0.05) is 18.8 Å². The van der Waals surface area contributed by atoms with Crippen LogP contribution in [-0.2, 0) is 9.59 Å². The van der Waals surface area contributed by atoms with Crippen LogP contribution < -0.4 is 15.1 Å². The lowest BCUT2D eigenvalue weighted by Gasteiger charge is -2.33. The summed E-state index contributed by atoms with van der Waals surface area (Å²) in [6.45, 7) is 8.21. The third-order valence-electron chi connectivity index (χ3n) is 6.98. The van der Waals surface area contributed by atoms with Gasteiger partial charge in [-0.15, -0.1) is 0 Å². The maximum atomic E-state index is 12.8. The Balaban J connectivity index is 1.25. The summed E-state index contributed by atoms with van der Waals surface area (Å²) in [6, 6.07) is 14.1. The molecule has 6 heteroatoms. The SMILES string of the molecule is C[C@@H](C(=O)Nc1ccc2ccccc2c1)[NH+]1CC[NH+](CC(=O)N2CCCCCC2)CC1. The molecule has 0 unspecified atom stereocenters. The van der Waals surface area contributed by atoms with Gasteiger partial charge in [0.15, 0.2) is 12.6 Å². The molecule has 166 valence electrons. The highest BCUT2D eigenvalue weighted by molar-refractivity contribution is 5.96. The molecule has 3 N–H and O–H groups in total. The number of rotatable bonds is 5. The van der Waals surface area contributed by atoms with Gasteiger partial charge in [-0.2, -0.15) is 0 Å². The summed E-state index contributed by atoms with van der Waals surface area (Å²) in [6.07, 6.45) is 4.78. The third kappa shape index (κ3) is 5.63. The van der Waals surface area contributed by atoms with Crippen molar-refractivity contribution >= 4 is 28.3 Å². The van der Waals surface area contributed by atoms with E-state index >= 15 is 0 Å². The maximum Gasteiger partial charge on any atom is 0.282 e. The molecular weight excluding hydrogens is 388 g/mol. The quantitative estimate of drug-likeness (QED) is 0.649. The Morgan fingerprint density at radius 2 is 1.61 bits per heavy atom. The van der Waals surface area contributed by atoms with Crippen LogP contribution in [0.5, 0.6) is 0 Å². The van der Waals surface area contributed by atoms with Crippen molar-refractivity contribution < 1.29 is 19.4 Å². The highest BCUT2D eigenvalue weighted by Gasteiger charge is 2.32. The molecule has 2 aromatic rings. The topological polar surface area (TPSA) is 58.3 Å². The van der Waals surface area contributed by atoms with Gasteiger partial charge in [0.25, 0.3) is 11.8 Å². The Morgan fingerprint density at radius 3 is 2.32 bits per heavy atom. The van der Waals surface area contributed by atoms with Gasteiger partial charge < -0.3 is 20.0 Å². The molecule has 2 saturated heterocycles. The molecular formula is C25H36N4O2+2. The zero-order chi connectivity index (χ0) is 21.6. The highest BCUT2D eigenvalue weighted by Crippen LogP contribution is 2.18. The molecule has 0 spiro atoms. The molecule has 31 heavy (non-hydrogen) atoms. The standard InChI is InChI=1S/C25H34N4O2/c1-20(25(31)26-23-11-10-21-8-4-5-9-22(21)18-23)28-16-14-27(15-17-28)19-24(30)29-12-6-2-3-7-13-29/h4-5,8-11,18,20H,2-3,6-7,12-17,19H2,1H3,(H,26,31)/p+2/t20-/m0/s1. The molecule has 0 aromatic heterocycles. The first-order valence-corrected chi connectivity index (χ1v) is 11.9. The first kappa shape index (κ1) is 21.8. The number of piperazine rings is 1. The maximum absolute atomic E-state index is 12.8. The molecule has 2 amide bonds. The minimum Gasteiger partial charge on any atom is -0.338 e. The van der Waals surface area contributed by atoms with Gasteiger partial charge in [-0.05, 0) is 42.7 Å². The van der Waals surface area contributed by atoms with E-state index in [1.54, 1.807) is 0 Å². The molecule has 2 aliphatic heterocycles. The van der Waals surface area contributed by atoms with Crippen molar-refractivity contribution in [2.24, 2.45) is 0 Å². The van der Waals surface area contributed by atoms with E-state index in [4.69, 9.17) is 0 Å². The molecule has 4 rings (SSSR count). The van der Waals surface area contributed by atoms with Crippen LogP contribution in [0.4, 0.5) is 5.69 Å². The molecule has 0 bridgehead atoms. The van der Waals surface area contributed by atoms with E-state index in [0.717, 1.165) is 63.2 Å². The van der Waals surface area contributed by atoms with Crippen molar-refractivity contribution in [1.82, 2.24) is 4.90 Å². The van der Waals surface area contributed by atoms with Crippen LogP contribution in [0.3, 0.4) is 0 Å². The van der Waals surface area contributed by atoms with Gasteiger partial charge in [0.05, 0.1) is 0 Å². The average Bonchev–Trinajstić information content (AvgIpc) is 3.09. The van der Waals surface area contributed by atoms with Gasteiger partial charge in [0.1, 0.15) is 26.2 Å². The summed E-state index contributed by atoms with van der Waals surface area (Å²) < 4.78 is 0. The number of likely N-dealkylation sites (tertiary alicyclic amines) is 1. The summed E-state index contributed by atoms with van der Waals surface area (Å²) in [4.78, 5) is 30.3. The van der Waals surface area contributed by atoms with Crippen LogP contribution in [0.1, 0.15) is 32.6 Å². The Morgan fingerprint density at radius 1 is 0.935 bits per heavy atom.